The predicted octanol–water partition coefficient (Wildman–Crippen LogP) is 1.29. The Morgan fingerprint density at radius 1 is 1.25 bits per heavy atom. The van der Waals surface area contributed by atoms with Crippen molar-refractivity contribution in [2.24, 2.45) is 34.8 Å². The molecule has 4 aliphatic rings. The van der Waals surface area contributed by atoms with Gasteiger partial charge in [-0.25, -0.2) is 0 Å². The van der Waals surface area contributed by atoms with Crippen LogP contribution in [0.5, 0.6) is 0 Å². The highest BCUT2D eigenvalue weighted by Crippen LogP contribution is 2.76. The smallest absolute Gasteiger partial charge is 0.320 e. The first-order chi connectivity index (χ1) is 16.6. The summed E-state index contributed by atoms with van der Waals surface area (Å²) in [5.74, 6) is -3.79. The fourth-order valence-corrected chi connectivity index (χ4v) is 7.22. The fraction of sp³-hybridized carbons (Fsp3) is 0.731. The molecule has 10 heteroatoms. The average Bonchev–Trinajstić information content (AvgIpc) is 3.17. The van der Waals surface area contributed by atoms with E-state index in [0.717, 1.165) is 0 Å². The van der Waals surface area contributed by atoms with Crippen molar-refractivity contribution in [2.45, 2.75) is 76.7 Å². The summed E-state index contributed by atoms with van der Waals surface area (Å²) in [4.78, 5) is 36.1. The number of nitrogens with two attached hydrogens (primary N) is 1. The molecule has 36 heavy (non-hydrogen) atoms. The summed E-state index contributed by atoms with van der Waals surface area (Å²) in [6.07, 6.45) is 3.77. The first-order valence-corrected chi connectivity index (χ1v) is 12.4. The lowest BCUT2D eigenvalue weighted by atomic mass is 9.60. The molecule has 5 N–H and O–H groups in total. The Morgan fingerprint density at radius 3 is 2.53 bits per heavy atom. The summed E-state index contributed by atoms with van der Waals surface area (Å²) >= 11 is 0. The normalized spacial score (nSPS) is 41.1. The summed E-state index contributed by atoms with van der Waals surface area (Å²) in [6.45, 7) is 8.66. The molecule has 200 valence electrons. The van der Waals surface area contributed by atoms with Crippen LogP contribution in [0.25, 0.3) is 0 Å². The molecule has 0 radical (unpaired) electrons. The van der Waals surface area contributed by atoms with Crippen LogP contribution in [0, 0.1) is 29.1 Å². The number of ketones is 1. The first-order valence-electron chi connectivity index (χ1n) is 12.4. The third kappa shape index (κ3) is 3.72. The Kier molecular flexibility index (Phi) is 6.43. The van der Waals surface area contributed by atoms with Crippen LogP contribution in [0.15, 0.2) is 23.5 Å². The van der Waals surface area contributed by atoms with Gasteiger partial charge in [-0.1, -0.05) is 26.8 Å². The first kappa shape index (κ1) is 26.8. The van der Waals surface area contributed by atoms with Gasteiger partial charge in [0.2, 0.25) is 0 Å². The van der Waals surface area contributed by atoms with Crippen molar-refractivity contribution in [3.8, 4) is 0 Å². The quantitative estimate of drug-likeness (QED) is 0.214. The molecule has 0 aromatic carbocycles. The summed E-state index contributed by atoms with van der Waals surface area (Å²) in [5.41, 5.74) is 1.28. The molecule has 0 unspecified atom stereocenters. The van der Waals surface area contributed by atoms with Crippen molar-refractivity contribution >= 4 is 17.7 Å². The van der Waals surface area contributed by atoms with Gasteiger partial charge in [-0.2, -0.15) is 0 Å². The Balaban J connectivity index is 1.66. The number of esters is 1. The van der Waals surface area contributed by atoms with Gasteiger partial charge >= 0.3 is 11.9 Å². The van der Waals surface area contributed by atoms with Gasteiger partial charge in [0.05, 0.1) is 18.0 Å². The van der Waals surface area contributed by atoms with Gasteiger partial charge in [-0.3, -0.25) is 14.4 Å². The van der Waals surface area contributed by atoms with Gasteiger partial charge in [-0.05, 0) is 37.3 Å². The fourth-order valence-electron chi connectivity index (χ4n) is 7.22. The number of aliphatic hydroxyl groups is 2. The zero-order valence-electron chi connectivity index (χ0n) is 21.4. The van der Waals surface area contributed by atoms with Crippen LogP contribution in [0.3, 0.4) is 0 Å². The molecule has 4 aliphatic carbocycles. The number of hydrogen-bond acceptors (Lipinski definition) is 9. The molecule has 0 saturated heterocycles. The summed E-state index contributed by atoms with van der Waals surface area (Å²) in [6, 6.07) is -1.06. The zero-order valence-corrected chi connectivity index (χ0v) is 21.4. The van der Waals surface area contributed by atoms with Gasteiger partial charge in [0.25, 0.3) is 0 Å². The van der Waals surface area contributed by atoms with Gasteiger partial charge in [-0.15, -0.1) is 0 Å². The van der Waals surface area contributed by atoms with Crippen LogP contribution in [0.4, 0.5) is 0 Å². The van der Waals surface area contributed by atoms with E-state index in [2.05, 4.69) is 0 Å². The van der Waals surface area contributed by atoms with Crippen LogP contribution in [-0.2, 0) is 28.6 Å². The minimum atomic E-state index is -1.89. The molecule has 0 aliphatic heterocycles. The van der Waals surface area contributed by atoms with Crippen LogP contribution in [0.1, 0.15) is 53.9 Å². The summed E-state index contributed by atoms with van der Waals surface area (Å²) < 4.78 is 17.1. The highest BCUT2D eigenvalue weighted by molar-refractivity contribution is 6.04. The van der Waals surface area contributed by atoms with E-state index in [1.807, 2.05) is 20.8 Å². The standard InChI is InChI=1S/C26H37NO9/c1-13-8-19-24(32,21(13)29)11-16(35-12-34-7-6-18(27)22(30)31)9-17-20-23(4,5)25(20,36-15(3)28)10-14(2)26(17,19)33/h8-9,14,17-20,32-33H,6-7,10-12,27H2,1-5H3,(H,30,31)/t14-,17+,18-,19-,20-,24-,25+,26-/m1/s1. The number of rotatable bonds is 8. The maximum Gasteiger partial charge on any atom is 0.320 e. The topological polar surface area (TPSA) is 166 Å². The minimum absolute atomic E-state index is 0.0445. The number of carbonyl (C=O) groups excluding carboxylic acids is 2. The molecule has 0 heterocycles. The number of carboxylic acid groups (broad SMARTS) is 1. The molecule has 0 aromatic rings. The van der Waals surface area contributed by atoms with Crippen molar-refractivity contribution in [3.63, 3.8) is 0 Å². The molecule has 0 aromatic heterocycles. The maximum atomic E-state index is 13.1. The lowest BCUT2D eigenvalue weighted by Gasteiger charge is -2.50. The minimum Gasteiger partial charge on any atom is -0.480 e. The van der Waals surface area contributed by atoms with Crippen molar-refractivity contribution in [3.05, 3.63) is 23.5 Å². The van der Waals surface area contributed by atoms with E-state index in [9.17, 15) is 24.6 Å². The number of ether oxygens (including phenoxy) is 3. The summed E-state index contributed by atoms with van der Waals surface area (Å²) in [5, 5.41) is 32.9. The van der Waals surface area contributed by atoms with E-state index < -0.39 is 63.7 Å². The monoisotopic (exact) mass is 507 g/mol. The number of fused-ring (bicyclic) bond motifs is 5. The molecule has 0 bridgehead atoms. The maximum absolute atomic E-state index is 13.1. The lowest BCUT2D eigenvalue weighted by Crippen LogP contribution is -2.61. The third-order valence-corrected chi connectivity index (χ3v) is 9.11. The molecule has 8 atom stereocenters. The van der Waals surface area contributed by atoms with E-state index in [1.165, 1.54) is 6.92 Å². The number of aliphatic carboxylic acids is 1. The average molecular weight is 508 g/mol. The van der Waals surface area contributed by atoms with Crippen LogP contribution in [0.2, 0.25) is 0 Å². The summed E-state index contributed by atoms with van der Waals surface area (Å²) in [7, 11) is 0. The van der Waals surface area contributed by atoms with Gasteiger partial charge < -0.3 is 35.3 Å². The molecule has 0 amide bonds. The Hall–Kier alpha value is -2.27. The highest BCUT2D eigenvalue weighted by Gasteiger charge is 2.83. The highest BCUT2D eigenvalue weighted by atomic mass is 16.7. The van der Waals surface area contributed by atoms with Crippen molar-refractivity contribution in [1.29, 1.82) is 0 Å². The Labute approximate surface area is 210 Å². The van der Waals surface area contributed by atoms with Crippen molar-refractivity contribution in [2.75, 3.05) is 13.4 Å². The van der Waals surface area contributed by atoms with Crippen LogP contribution < -0.4 is 5.73 Å². The Bertz CT molecular complexity index is 1030. The van der Waals surface area contributed by atoms with E-state index in [4.69, 9.17) is 25.1 Å². The number of carbonyl (C=O) groups is 3. The van der Waals surface area contributed by atoms with Crippen molar-refractivity contribution in [1.82, 2.24) is 0 Å². The molecular weight excluding hydrogens is 470 g/mol. The third-order valence-electron chi connectivity index (χ3n) is 9.11. The van der Waals surface area contributed by atoms with Gasteiger partial charge in [0.1, 0.15) is 17.2 Å². The molecule has 2 fully saturated rings. The molecule has 4 rings (SSSR count). The van der Waals surface area contributed by atoms with Crippen molar-refractivity contribution < 1.29 is 43.9 Å². The number of Topliss-reactive ketones (excluding diaryl/α,β-unsaturated/α-hetero) is 1. The van der Waals surface area contributed by atoms with Crippen LogP contribution in [-0.4, -0.2) is 69.3 Å². The van der Waals surface area contributed by atoms with Gasteiger partial charge in [0, 0.05) is 36.5 Å². The van der Waals surface area contributed by atoms with Gasteiger partial charge in [0.15, 0.2) is 12.6 Å². The molecular formula is C26H37NO9. The predicted molar refractivity (Wildman–Crippen MR) is 126 cm³/mol. The van der Waals surface area contributed by atoms with E-state index in [-0.39, 0.29) is 37.9 Å². The SMILES string of the molecule is CC(=O)O[C@@]12C[C@@H](C)[C@@]3(O)[C@@H](C=C(OCOCC[C@@H](N)C(=O)O)C[C@]4(O)C(=O)C(C)=C[C@@H]34)[C@@H]1C2(C)C. The largest absolute Gasteiger partial charge is 0.480 e. The van der Waals surface area contributed by atoms with Crippen LogP contribution >= 0.6 is 0 Å². The number of hydrogen-bond donors (Lipinski definition) is 4. The Morgan fingerprint density at radius 2 is 1.92 bits per heavy atom. The van der Waals surface area contributed by atoms with E-state index in [1.54, 1.807) is 19.1 Å². The molecule has 2 saturated carbocycles. The number of carboxylic acids is 1. The lowest BCUT2D eigenvalue weighted by molar-refractivity contribution is -0.186. The second-order valence-electron chi connectivity index (χ2n) is 11.5. The van der Waals surface area contributed by atoms with E-state index in [0.29, 0.717) is 12.0 Å². The molecule has 0 spiro atoms. The second kappa shape index (κ2) is 8.65. The van der Waals surface area contributed by atoms with E-state index >= 15 is 0 Å². The second-order valence-corrected chi connectivity index (χ2v) is 11.5. The molecule has 10 nitrogen and oxygen atoms in total. The zero-order chi connectivity index (χ0) is 26.8.